The van der Waals surface area contributed by atoms with E-state index in [0.29, 0.717) is 23.9 Å². The predicted octanol–water partition coefficient (Wildman–Crippen LogP) is 17.8. The van der Waals surface area contributed by atoms with Crippen LogP contribution in [-0.4, -0.2) is 19.5 Å². The minimum absolute atomic E-state index is 0.530. The molecule has 0 saturated heterocycles. The maximum Gasteiger partial charge on any atom is 0.164 e. The lowest BCUT2D eigenvalue weighted by atomic mass is 9.89. The lowest BCUT2D eigenvalue weighted by Gasteiger charge is -2.24. The summed E-state index contributed by atoms with van der Waals surface area (Å²) in [6.45, 7) is 0. The lowest BCUT2D eigenvalue weighted by molar-refractivity contribution is 0.668. The van der Waals surface area contributed by atoms with Crippen molar-refractivity contribution < 1.29 is 8.83 Å². The van der Waals surface area contributed by atoms with E-state index >= 15 is 0 Å². The maximum absolute atomic E-state index is 6.44. The quantitative estimate of drug-likeness (QED) is 0.142. The van der Waals surface area contributed by atoms with Gasteiger partial charge in [0.1, 0.15) is 22.3 Å². The predicted molar refractivity (Wildman–Crippen MR) is 311 cm³/mol. The Morgan fingerprint density at radius 3 is 1.62 bits per heavy atom. The Labute approximate surface area is 438 Å². The number of para-hydroxylation sites is 2. The Morgan fingerprint density at radius 2 is 0.961 bits per heavy atom. The van der Waals surface area contributed by atoms with Crippen molar-refractivity contribution in [2.24, 2.45) is 0 Å². The summed E-state index contributed by atoms with van der Waals surface area (Å²) >= 11 is 0. The van der Waals surface area contributed by atoms with Crippen LogP contribution >= 0.6 is 0 Å². The van der Waals surface area contributed by atoms with Crippen molar-refractivity contribution in [3.8, 4) is 73.9 Å². The van der Waals surface area contributed by atoms with Crippen molar-refractivity contribution >= 4 is 72.0 Å². The summed E-state index contributed by atoms with van der Waals surface area (Å²) < 4.78 is 15.4. The average molecular weight is 973 g/mol. The molecule has 9 aromatic carbocycles. The topological polar surface area (TPSA) is 69.9 Å². The smallest absolute Gasteiger partial charge is 0.164 e. The summed E-state index contributed by atoms with van der Waals surface area (Å²) in [7, 11) is 0. The van der Waals surface area contributed by atoms with Crippen LogP contribution in [0.25, 0.3) is 134 Å². The highest BCUT2D eigenvalue weighted by atomic mass is 16.3. The number of hydrogen-bond donors (Lipinski definition) is 0. The molecule has 0 radical (unpaired) electrons. The van der Waals surface area contributed by atoms with E-state index in [1.165, 1.54) is 38.9 Å². The molecule has 6 heteroatoms. The van der Waals surface area contributed by atoms with Crippen molar-refractivity contribution in [3.63, 3.8) is 0 Å². The van der Waals surface area contributed by atoms with Crippen molar-refractivity contribution in [3.05, 3.63) is 247 Å². The molecule has 0 fully saturated rings. The van der Waals surface area contributed by atoms with Crippen molar-refractivity contribution in [1.82, 2.24) is 19.5 Å². The molecule has 0 saturated carbocycles. The van der Waals surface area contributed by atoms with Crippen LogP contribution in [0.1, 0.15) is 35.2 Å². The molecule has 0 spiro atoms. The second-order valence-electron chi connectivity index (χ2n) is 19.6. The summed E-state index contributed by atoms with van der Waals surface area (Å²) in [5, 5.41) is 5.41. The Balaban J connectivity index is 1.00. The average Bonchev–Trinajstić information content (AvgIpc) is 4.15. The summed E-state index contributed by atoms with van der Waals surface area (Å²) in [4.78, 5) is 16.1. The molecule has 0 aliphatic heterocycles. The first-order valence-corrected chi connectivity index (χ1v) is 25.8. The number of rotatable bonds is 8. The highest BCUT2D eigenvalue weighted by molar-refractivity contribution is 6.07. The fraction of sp³-hybridized carbons (Fsp3) is 0.0429. The summed E-state index contributed by atoms with van der Waals surface area (Å²) in [6, 6.07) is 72.6. The standard InChI is InChI=1S/C70H44N4O2/c1-2-7-23-46(22-6-1)57-40-52(70-72-68(50-30-34-55-53-26-14-16-28-63(53)75-65(55)42-50)71-69(73-70)51-31-35-56-54-27-15-17-29-64(54)76-66(56)43-51)41-58(47-24-12-5-13-25-47)67(57)74-61-36-32-48(44-18-8-3-9-19-44)38-59(61)60-39-49(33-37-62(60)74)45-20-10-4-11-21-45/h1,3-6,8-22,24-32,34-36,38-43H,23,33,37H2. The third-order valence-corrected chi connectivity index (χ3v) is 15.1. The summed E-state index contributed by atoms with van der Waals surface area (Å²) in [5.41, 5.74) is 19.7. The minimum atomic E-state index is 0.530. The highest BCUT2D eigenvalue weighted by Gasteiger charge is 2.28. The van der Waals surface area contributed by atoms with Gasteiger partial charge < -0.3 is 13.4 Å². The number of benzene rings is 9. The van der Waals surface area contributed by atoms with Gasteiger partial charge in [-0.1, -0.05) is 170 Å². The van der Waals surface area contributed by atoms with Crippen LogP contribution < -0.4 is 0 Å². The molecule has 6 nitrogen and oxygen atoms in total. The SMILES string of the molecule is C1#CCC(c2cc(-c3nc(-c4ccc5c(c4)oc4ccccc45)nc(-c4ccc5c(c4)oc4ccccc45)n3)cc(-c3ccccc3)c2-n2c3c(c4cc(-c5ccccc5)ccc42)C=C(c2ccccc2)CC3)=CC=C1. The molecular weight excluding hydrogens is 929 g/mol. The van der Waals surface area contributed by atoms with E-state index in [1.54, 1.807) is 0 Å². The zero-order chi connectivity index (χ0) is 50.1. The first-order chi connectivity index (χ1) is 37.6. The van der Waals surface area contributed by atoms with Gasteiger partial charge in [-0.05, 0) is 119 Å². The minimum Gasteiger partial charge on any atom is -0.456 e. The van der Waals surface area contributed by atoms with Gasteiger partial charge >= 0.3 is 0 Å². The molecule has 0 bridgehead atoms. The Morgan fingerprint density at radius 1 is 0.408 bits per heavy atom. The number of fused-ring (bicyclic) bond motifs is 9. The van der Waals surface area contributed by atoms with Gasteiger partial charge in [-0.15, -0.1) is 0 Å². The second kappa shape index (κ2) is 17.8. The van der Waals surface area contributed by atoms with E-state index in [9.17, 15) is 0 Å². The van der Waals surface area contributed by atoms with Gasteiger partial charge in [-0.3, -0.25) is 0 Å². The molecule has 0 N–H and O–H groups in total. The Bertz CT molecular complexity index is 4520. The molecule has 0 unspecified atom stereocenters. The molecule has 356 valence electrons. The van der Waals surface area contributed by atoms with E-state index in [2.05, 4.69) is 192 Å². The lowest BCUT2D eigenvalue weighted by Crippen LogP contribution is -2.10. The van der Waals surface area contributed by atoms with Crippen LogP contribution in [-0.2, 0) is 6.42 Å². The van der Waals surface area contributed by atoms with E-state index in [0.717, 1.165) is 107 Å². The van der Waals surface area contributed by atoms with E-state index in [4.69, 9.17) is 23.8 Å². The second-order valence-corrected chi connectivity index (χ2v) is 19.6. The fourth-order valence-corrected chi connectivity index (χ4v) is 11.5. The molecule has 2 aliphatic carbocycles. The number of furan rings is 2. The van der Waals surface area contributed by atoms with Crippen LogP contribution in [0, 0.1) is 11.8 Å². The molecule has 4 aromatic heterocycles. The van der Waals surface area contributed by atoms with Gasteiger partial charge in [0.15, 0.2) is 17.5 Å². The highest BCUT2D eigenvalue weighted by Crippen LogP contribution is 2.46. The number of aromatic nitrogens is 4. The van der Waals surface area contributed by atoms with Crippen LogP contribution in [0.4, 0.5) is 0 Å². The van der Waals surface area contributed by atoms with Gasteiger partial charge in [-0.2, -0.15) is 0 Å². The molecular formula is C70H44N4O2. The van der Waals surface area contributed by atoms with Gasteiger partial charge in [0.2, 0.25) is 0 Å². The zero-order valence-corrected chi connectivity index (χ0v) is 41.2. The summed E-state index contributed by atoms with van der Waals surface area (Å²) in [5.74, 6) is 8.32. The number of hydrogen-bond acceptors (Lipinski definition) is 5. The van der Waals surface area contributed by atoms with Crippen LogP contribution in [0.2, 0.25) is 0 Å². The maximum atomic E-state index is 6.44. The third-order valence-electron chi connectivity index (χ3n) is 15.1. The molecule has 4 heterocycles. The summed E-state index contributed by atoms with van der Waals surface area (Å²) in [6.07, 6.45) is 11.0. The monoisotopic (exact) mass is 972 g/mol. The fourth-order valence-electron chi connectivity index (χ4n) is 11.5. The Hall–Kier alpha value is -10.1. The molecule has 15 rings (SSSR count). The molecule has 76 heavy (non-hydrogen) atoms. The molecule has 0 atom stereocenters. The van der Waals surface area contributed by atoms with Crippen molar-refractivity contribution in [2.45, 2.75) is 19.3 Å². The van der Waals surface area contributed by atoms with Crippen LogP contribution in [0.5, 0.6) is 0 Å². The van der Waals surface area contributed by atoms with Crippen LogP contribution in [0.15, 0.2) is 233 Å². The number of nitrogens with zero attached hydrogens (tertiary/aromatic N) is 4. The van der Waals surface area contributed by atoms with E-state index in [1.807, 2.05) is 54.6 Å². The van der Waals surface area contributed by atoms with E-state index < -0.39 is 0 Å². The largest absolute Gasteiger partial charge is 0.456 e. The molecule has 13 aromatic rings. The normalized spacial score (nSPS) is 13.2. The zero-order valence-electron chi connectivity index (χ0n) is 41.2. The Kier molecular flexibility index (Phi) is 10.2. The van der Waals surface area contributed by atoms with Gasteiger partial charge in [0.05, 0.1) is 11.2 Å². The first kappa shape index (κ1) is 43.5. The van der Waals surface area contributed by atoms with Gasteiger partial charge in [0, 0.05) is 72.4 Å². The molecule has 0 amide bonds. The number of allylic oxidation sites excluding steroid dienone is 5. The van der Waals surface area contributed by atoms with Crippen molar-refractivity contribution in [2.75, 3.05) is 0 Å². The van der Waals surface area contributed by atoms with E-state index in [-0.39, 0.29) is 0 Å². The van der Waals surface area contributed by atoms with Crippen molar-refractivity contribution in [1.29, 1.82) is 0 Å². The van der Waals surface area contributed by atoms with Crippen LogP contribution in [0.3, 0.4) is 0 Å². The van der Waals surface area contributed by atoms with Gasteiger partial charge in [0.25, 0.3) is 0 Å². The molecule has 2 aliphatic rings. The third kappa shape index (κ3) is 7.40. The van der Waals surface area contributed by atoms with Gasteiger partial charge in [-0.25, -0.2) is 15.0 Å². The first-order valence-electron chi connectivity index (χ1n) is 25.8.